The quantitative estimate of drug-likeness (QED) is 0.862. The molecule has 0 bridgehead atoms. The lowest BCUT2D eigenvalue weighted by Crippen LogP contribution is -2.49. The molecule has 1 fully saturated rings. The lowest BCUT2D eigenvalue weighted by atomic mass is 10.2. The largest absolute Gasteiger partial charge is 0.339 e. The first kappa shape index (κ1) is 15.7. The molecule has 0 aliphatic carbocycles. The van der Waals surface area contributed by atoms with Gasteiger partial charge in [-0.25, -0.2) is 4.39 Å². The summed E-state index contributed by atoms with van der Waals surface area (Å²) in [5.41, 5.74) is 1.62. The Balaban J connectivity index is 1.50. The molecule has 1 aromatic heterocycles. The Morgan fingerprint density at radius 2 is 1.91 bits per heavy atom. The van der Waals surface area contributed by atoms with Gasteiger partial charge in [-0.1, -0.05) is 18.2 Å². The lowest BCUT2D eigenvalue weighted by molar-refractivity contribution is -0.133. The van der Waals surface area contributed by atoms with Crippen molar-refractivity contribution in [2.45, 2.75) is 20.0 Å². The maximum atomic E-state index is 13.7. The van der Waals surface area contributed by atoms with Crippen LogP contribution in [-0.4, -0.2) is 51.7 Å². The van der Waals surface area contributed by atoms with Crippen LogP contribution in [0.4, 0.5) is 4.39 Å². The highest BCUT2D eigenvalue weighted by atomic mass is 19.1. The van der Waals surface area contributed by atoms with E-state index in [-0.39, 0.29) is 18.3 Å². The second kappa shape index (κ2) is 6.91. The van der Waals surface area contributed by atoms with E-state index in [1.165, 1.54) is 6.07 Å². The number of carbonyl (C=O) groups is 1. The first-order valence-corrected chi connectivity index (χ1v) is 7.85. The van der Waals surface area contributed by atoms with Gasteiger partial charge in [-0.05, 0) is 19.1 Å². The molecule has 0 unspecified atom stereocenters. The number of benzene rings is 1. The number of aromatic nitrogens is 2. The van der Waals surface area contributed by atoms with Crippen LogP contribution < -0.4 is 0 Å². The van der Waals surface area contributed by atoms with E-state index in [0.29, 0.717) is 25.2 Å². The molecule has 6 heteroatoms. The van der Waals surface area contributed by atoms with Gasteiger partial charge in [0.1, 0.15) is 12.4 Å². The summed E-state index contributed by atoms with van der Waals surface area (Å²) in [7, 11) is 0. The molecule has 122 valence electrons. The summed E-state index contributed by atoms with van der Waals surface area (Å²) in [5.74, 6) is -0.0845. The van der Waals surface area contributed by atoms with Gasteiger partial charge in [0.05, 0.1) is 5.69 Å². The van der Waals surface area contributed by atoms with Crippen molar-refractivity contribution < 1.29 is 9.18 Å². The number of hydrogen-bond donors (Lipinski definition) is 0. The standard InChI is InChI=1S/C17H21FN4O/c1-14-6-7-22(19-14)13-17(23)21-10-8-20(9-11-21)12-15-4-2-3-5-16(15)18/h2-7H,8-13H2,1H3. The first-order chi connectivity index (χ1) is 11.1. The molecule has 0 spiro atoms. The molecule has 0 N–H and O–H groups in total. The molecule has 2 heterocycles. The molecule has 1 aromatic carbocycles. The van der Waals surface area contributed by atoms with Crippen molar-refractivity contribution in [2.75, 3.05) is 26.2 Å². The molecule has 1 amide bonds. The highest BCUT2D eigenvalue weighted by molar-refractivity contribution is 5.76. The van der Waals surface area contributed by atoms with Gasteiger partial charge in [0.2, 0.25) is 5.91 Å². The second-order valence-electron chi connectivity index (χ2n) is 5.90. The van der Waals surface area contributed by atoms with Crippen LogP contribution >= 0.6 is 0 Å². The first-order valence-electron chi connectivity index (χ1n) is 7.85. The van der Waals surface area contributed by atoms with Crippen molar-refractivity contribution in [3.63, 3.8) is 0 Å². The minimum absolute atomic E-state index is 0.0821. The Kier molecular flexibility index (Phi) is 4.71. The third kappa shape index (κ3) is 3.96. The third-order valence-electron chi connectivity index (χ3n) is 4.15. The number of piperazine rings is 1. The zero-order valence-electron chi connectivity index (χ0n) is 13.3. The maximum absolute atomic E-state index is 13.7. The molecule has 23 heavy (non-hydrogen) atoms. The monoisotopic (exact) mass is 316 g/mol. The van der Waals surface area contributed by atoms with Crippen molar-refractivity contribution in [3.05, 3.63) is 53.6 Å². The van der Waals surface area contributed by atoms with Gasteiger partial charge in [-0.3, -0.25) is 14.4 Å². The van der Waals surface area contributed by atoms with Gasteiger partial charge < -0.3 is 4.90 Å². The Labute approximate surface area is 135 Å². The second-order valence-corrected chi connectivity index (χ2v) is 5.90. The SMILES string of the molecule is Cc1ccn(CC(=O)N2CCN(Cc3ccccc3F)CC2)n1. The van der Waals surface area contributed by atoms with Crippen molar-refractivity contribution in [1.82, 2.24) is 19.6 Å². The fraction of sp³-hybridized carbons (Fsp3) is 0.412. The minimum Gasteiger partial charge on any atom is -0.339 e. The smallest absolute Gasteiger partial charge is 0.244 e. The molecule has 1 saturated heterocycles. The minimum atomic E-state index is -0.167. The van der Waals surface area contributed by atoms with Crippen LogP contribution in [-0.2, 0) is 17.9 Å². The normalized spacial score (nSPS) is 15.8. The fourth-order valence-corrected chi connectivity index (χ4v) is 2.81. The van der Waals surface area contributed by atoms with E-state index in [9.17, 15) is 9.18 Å². The van der Waals surface area contributed by atoms with Crippen molar-refractivity contribution in [3.8, 4) is 0 Å². The highest BCUT2D eigenvalue weighted by Crippen LogP contribution is 2.12. The fourth-order valence-electron chi connectivity index (χ4n) is 2.81. The van der Waals surface area contributed by atoms with Crippen LogP contribution in [0.25, 0.3) is 0 Å². The number of rotatable bonds is 4. The molecule has 5 nitrogen and oxygen atoms in total. The van der Waals surface area contributed by atoms with Gasteiger partial charge in [0, 0.05) is 44.5 Å². The predicted molar refractivity (Wildman–Crippen MR) is 85.2 cm³/mol. The van der Waals surface area contributed by atoms with Gasteiger partial charge in [-0.15, -0.1) is 0 Å². The highest BCUT2D eigenvalue weighted by Gasteiger charge is 2.21. The van der Waals surface area contributed by atoms with Crippen LogP contribution in [0.1, 0.15) is 11.3 Å². The number of halogens is 1. The summed E-state index contributed by atoms with van der Waals surface area (Å²) in [6.45, 7) is 5.65. The van der Waals surface area contributed by atoms with E-state index < -0.39 is 0 Å². The van der Waals surface area contributed by atoms with Gasteiger partial charge in [-0.2, -0.15) is 5.10 Å². The van der Waals surface area contributed by atoms with Gasteiger partial charge in [0.25, 0.3) is 0 Å². The zero-order chi connectivity index (χ0) is 16.2. The summed E-state index contributed by atoms with van der Waals surface area (Å²) in [6.07, 6.45) is 1.82. The lowest BCUT2D eigenvalue weighted by Gasteiger charge is -2.34. The van der Waals surface area contributed by atoms with Crippen LogP contribution in [0.15, 0.2) is 36.5 Å². The molecule has 1 aliphatic heterocycles. The summed E-state index contributed by atoms with van der Waals surface area (Å²) in [6, 6.07) is 8.74. The van der Waals surface area contributed by atoms with Crippen LogP contribution in [0.5, 0.6) is 0 Å². The van der Waals surface area contributed by atoms with E-state index in [0.717, 1.165) is 18.8 Å². The van der Waals surface area contributed by atoms with E-state index >= 15 is 0 Å². The average molecular weight is 316 g/mol. The van der Waals surface area contributed by atoms with Crippen molar-refractivity contribution in [1.29, 1.82) is 0 Å². The Hall–Kier alpha value is -2.21. The summed E-state index contributed by atoms with van der Waals surface area (Å²) < 4.78 is 15.4. The number of amides is 1. The van der Waals surface area contributed by atoms with Crippen molar-refractivity contribution in [2.24, 2.45) is 0 Å². The Bertz CT molecular complexity index is 677. The molecule has 3 rings (SSSR count). The number of hydrogen-bond acceptors (Lipinski definition) is 3. The Morgan fingerprint density at radius 3 is 2.57 bits per heavy atom. The zero-order valence-corrected chi connectivity index (χ0v) is 13.3. The van der Waals surface area contributed by atoms with Crippen LogP contribution in [0, 0.1) is 12.7 Å². The molecule has 0 saturated carbocycles. The molecular formula is C17H21FN4O. The summed E-state index contributed by atoms with van der Waals surface area (Å²) in [5, 5.41) is 4.24. The van der Waals surface area contributed by atoms with E-state index in [2.05, 4.69) is 10.00 Å². The van der Waals surface area contributed by atoms with E-state index in [1.807, 2.05) is 36.2 Å². The summed E-state index contributed by atoms with van der Waals surface area (Å²) >= 11 is 0. The van der Waals surface area contributed by atoms with E-state index in [4.69, 9.17) is 0 Å². The van der Waals surface area contributed by atoms with Gasteiger partial charge in [0.15, 0.2) is 0 Å². The third-order valence-corrected chi connectivity index (χ3v) is 4.15. The number of aryl methyl sites for hydroxylation is 1. The summed E-state index contributed by atoms with van der Waals surface area (Å²) in [4.78, 5) is 16.3. The van der Waals surface area contributed by atoms with Crippen LogP contribution in [0.2, 0.25) is 0 Å². The molecule has 0 atom stereocenters. The van der Waals surface area contributed by atoms with Crippen molar-refractivity contribution >= 4 is 5.91 Å². The topological polar surface area (TPSA) is 41.4 Å². The molecule has 2 aromatic rings. The maximum Gasteiger partial charge on any atom is 0.244 e. The average Bonchev–Trinajstić information content (AvgIpc) is 2.95. The molecular weight excluding hydrogens is 295 g/mol. The van der Waals surface area contributed by atoms with Crippen LogP contribution in [0.3, 0.4) is 0 Å². The molecule has 0 radical (unpaired) electrons. The molecule has 1 aliphatic rings. The predicted octanol–water partition coefficient (Wildman–Crippen LogP) is 1.68. The number of nitrogens with zero attached hydrogens (tertiary/aromatic N) is 4. The number of carbonyl (C=O) groups excluding carboxylic acids is 1. The van der Waals surface area contributed by atoms with Gasteiger partial charge >= 0.3 is 0 Å². The van der Waals surface area contributed by atoms with E-state index in [1.54, 1.807) is 10.7 Å². The Morgan fingerprint density at radius 1 is 1.17 bits per heavy atom.